The van der Waals surface area contributed by atoms with E-state index in [4.69, 9.17) is 9.15 Å². The van der Waals surface area contributed by atoms with E-state index in [1.165, 1.54) is 0 Å². The molecule has 0 N–H and O–H groups in total. The maximum atomic E-state index is 10.6. The predicted molar refractivity (Wildman–Crippen MR) is 65.6 cm³/mol. The highest BCUT2D eigenvalue weighted by molar-refractivity contribution is 5.75. The number of ether oxygens (including phenoxy) is 1. The quantitative estimate of drug-likeness (QED) is 0.759. The van der Waals surface area contributed by atoms with Gasteiger partial charge in [-0.3, -0.25) is 4.79 Å². The third-order valence-electron chi connectivity index (χ3n) is 2.89. The lowest BCUT2D eigenvalue weighted by Gasteiger charge is -2.11. The molecule has 3 heteroatoms. The van der Waals surface area contributed by atoms with E-state index in [2.05, 4.69) is 0 Å². The van der Waals surface area contributed by atoms with Gasteiger partial charge in [-0.1, -0.05) is 6.07 Å². The number of hydrogen-bond donors (Lipinski definition) is 0. The molecule has 88 valence electrons. The van der Waals surface area contributed by atoms with Gasteiger partial charge >= 0.3 is 0 Å². The second kappa shape index (κ2) is 4.45. The molecule has 0 aliphatic heterocycles. The van der Waals surface area contributed by atoms with Crippen LogP contribution in [0, 0.1) is 13.8 Å². The number of hydrogen-bond acceptors (Lipinski definition) is 3. The number of furan rings is 1. The Kier molecular flexibility index (Phi) is 3.00. The van der Waals surface area contributed by atoms with Crippen LogP contribution < -0.4 is 4.74 Å². The first-order valence-electron chi connectivity index (χ1n) is 5.37. The SMILES string of the molecule is COc1c(-c2ccc(C=O)o2)ccc(C)c1C. The standard InChI is InChI=1S/C14H14O3/c1-9-4-6-12(14(16-3)10(9)2)13-7-5-11(8-15)17-13/h4-8H,1-3H3. The summed E-state index contributed by atoms with van der Waals surface area (Å²) in [6.45, 7) is 4.03. The van der Waals surface area contributed by atoms with Crippen LogP contribution in [-0.2, 0) is 0 Å². The van der Waals surface area contributed by atoms with Crippen molar-refractivity contribution in [3.05, 3.63) is 41.2 Å². The molecule has 0 saturated heterocycles. The molecule has 3 nitrogen and oxygen atoms in total. The molecule has 0 saturated carbocycles. The third-order valence-corrected chi connectivity index (χ3v) is 2.89. The summed E-state index contributed by atoms with van der Waals surface area (Å²) in [6.07, 6.45) is 0.691. The molecular formula is C14H14O3. The lowest BCUT2D eigenvalue weighted by molar-refractivity contribution is 0.110. The van der Waals surface area contributed by atoms with Crippen molar-refractivity contribution in [2.45, 2.75) is 13.8 Å². The van der Waals surface area contributed by atoms with E-state index in [0.717, 1.165) is 22.4 Å². The lowest BCUT2D eigenvalue weighted by Crippen LogP contribution is -1.93. The van der Waals surface area contributed by atoms with Crippen LogP contribution in [0.1, 0.15) is 21.7 Å². The van der Waals surface area contributed by atoms with E-state index in [9.17, 15) is 4.79 Å². The molecule has 1 aromatic carbocycles. The largest absolute Gasteiger partial charge is 0.496 e. The summed E-state index contributed by atoms with van der Waals surface area (Å²) in [4.78, 5) is 10.6. The normalized spacial score (nSPS) is 10.3. The van der Waals surface area contributed by atoms with Crippen LogP contribution in [0.15, 0.2) is 28.7 Å². The topological polar surface area (TPSA) is 39.4 Å². The highest BCUT2D eigenvalue weighted by Gasteiger charge is 2.13. The highest BCUT2D eigenvalue weighted by Crippen LogP contribution is 2.35. The van der Waals surface area contributed by atoms with E-state index in [-0.39, 0.29) is 0 Å². The van der Waals surface area contributed by atoms with Gasteiger partial charge in [0.1, 0.15) is 11.5 Å². The van der Waals surface area contributed by atoms with Crippen LogP contribution in [-0.4, -0.2) is 13.4 Å². The fourth-order valence-corrected chi connectivity index (χ4v) is 1.81. The van der Waals surface area contributed by atoms with Gasteiger partial charge in [-0.25, -0.2) is 0 Å². The van der Waals surface area contributed by atoms with Gasteiger partial charge in [0.05, 0.1) is 12.7 Å². The summed E-state index contributed by atoms with van der Waals surface area (Å²) in [5, 5.41) is 0. The maximum Gasteiger partial charge on any atom is 0.185 e. The van der Waals surface area contributed by atoms with Gasteiger partial charge in [0, 0.05) is 0 Å². The molecule has 2 aromatic rings. The Labute approximate surface area is 100 Å². The van der Waals surface area contributed by atoms with Crippen LogP contribution in [0.4, 0.5) is 0 Å². The minimum atomic E-state index is 0.320. The van der Waals surface area contributed by atoms with Gasteiger partial charge in [0.15, 0.2) is 12.0 Å². The van der Waals surface area contributed by atoms with E-state index in [1.54, 1.807) is 19.2 Å². The molecule has 0 spiro atoms. The van der Waals surface area contributed by atoms with Crippen molar-refractivity contribution in [2.24, 2.45) is 0 Å². The first kappa shape index (κ1) is 11.5. The monoisotopic (exact) mass is 230 g/mol. The van der Waals surface area contributed by atoms with E-state index in [1.807, 2.05) is 26.0 Å². The van der Waals surface area contributed by atoms with Crippen LogP contribution in [0.5, 0.6) is 5.75 Å². The summed E-state index contributed by atoms with van der Waals surface area (Å²) in [5.41, 5.74) is 3.10. The molecule has 1 aromatic heterocycles. The Morgan fingerprint density at radius 3 is 2.53 bits per heavy atom. The maximum absolute atomic E-state index is 10.6. The van der Waals surface area contributed by atoms with Crippen molar-refractivity contribution in [1.82, 2.24) is 0 Å². The molecule has 0 atom stereocenters. The zero-order valence-electron chi connectivity index (χ0n) is 10.1. The smallest absolute Gasteiger partial charge is 0.185 e. The van der Waals surface area contributed by atoms with Gasteiger partial charge < -0.3 is 9.15 Å². The number of aldehydes is 1. The van der Waals surface area contributed by atoms with Gasteiger partial charge in [-0.15, -0.1) is 0 Å². The van der Waals surface area contributed by atoms with Crippen LogP contribution in [0.2, 0.25) is 0 Å². The lowest BCUT2D eigenvalue weighted by atomic mass is 10.0. The Hall–Kier alpha value is -2.03. The summed E-state index contributed by atoms with van der Waals surface area (Å²) in [7, 11) is 1.63. The minimum Gasteiger partial charge on any atom is -0.496 e. The van der Waals surface area contributed by atoms with Crippen molar-refractivity contribution < 1.29 is 13.9 Å². The van der Waals surface area contributed by atoms with Crippen molar-refractivity contribution >= 4 is 6.29 Å². The number of rotatable bonds is 3. The van der Waals surface area contributed by atoms with E-state index in [0.29, 0.717) is 17.8 Å². The third kappa shape index (κ3) is 1.96. The molecule has 0 fully saturated rings. The van der Waals surface area contributed by atoms with Crippen molar-refractivity contribution in [3.8, 4) is 17.1 Å². The molecule has 17 heavy (non-hydrogen) atoms. The number of methoxy groups -OCH3 is 1. The van der Waals surface area contributed by atoms with Crippen molar-refractivity contribution in [2.75, 3.05) is 7.11 Å². The first-order valence-corrected chi connectivity index (χ1v) is 5.37. The van der Waals surface area contributed by atoms with Gasteiger partial charge in [0.2, 0.25) is 0 Å². The molecule has 1 heterocycles. The van der Waals surface area contributed by atoms with Crippen LogP contribution in [0.25, 0.3) is 11.3 Å². The second-order valence-corrected chi connectivity index (χ2v) is 3.91. The molecule has 0 bridgehead atoms. The fraction of sp³-hybridized carbons (Fsp3) is 0.214. The first-order chi connectivity index (χ1) is 8.17. The highest BCUT2D eigenvalue weighted by atomic mass is 16.5. The number of carbonyl (C=O) groups is 1. The van der Waals surface area contributed by atoms with E-state index >= 15 is 0 Å². The van der Waals surface area contributed by atoms with Crippen molar-refractivity contribution in [1.29, 1.82) is 0 Å². The summed E-state index contributed by atoms with van der Waals surface area (Å²) in [6, 6.07) is 7.37. The molecule has 0 unspecified atom stereocenters. The Morgan fingerprint density at radius 1 is 1.18 bits per heavy atom. The molecule has 0 amide bonds. The minimum absolute atomic E-state index is 0.320. The Bertz CT molecular complexity index is 553. The summed E-state index contributed by atoms with van der Waals surface area (Å²) < 4.78 is 10.8. The van der Waals surface area contributed by atoms with Gasteiger partial charge in [0.25, 0.3) is 0 Å². The molecule has 2 rings (SSSR count). The van der Waals surface area contributed by atoms with Gasteiger partial charge in [-0.05, 0) is 43.2 Å². The summed E-state index contributed by atoms with van der Waals surface area (Å²) in [5.74, 6) is 1.75. The Morgan fingerprint density at radius 2 is 1.94 bits per heavy atom. The zero-order valence-corrected chi connectivity index (χ0v) is 10.1. The molecule has 0 aliphatic carbocycles. The van der Waals surface area contributed by atoms with Crippen molar-refractivity contribution in [3.63, 3.8) is 0 Å². The fourth-order valence-electron chi connectivity index (χ4n) is 1.81. The summed E-state index contributed by atoms with van der Waals surface area (Å²) >= 11 is 0. The molecular weight excluding hydrogens is 216 g/mol. The molecule has 0 aliphatic rings. The average Bonchev–Trinajstić information content (AvgIpc) is 2.81. The Balaban J connectivity index is 2.58. The van der Waals surface area contributed by atoms with E-state index < -0.39 is 0 Å². The zero-order chi connectivity index (χ0) is 12.4. The van der Waals surface area contributed by atoms with Gasteiger partial charge in [-0.2, -0.15) is 0 Å². The second-order valence-electron chi connectivity index (χ2n) is 3.91. The number of aryl methyl sites for hydroxylation is 1. The van der Waals surface area contributed by atoms with Crippen LogP contribution in [0.3, 0.4) is 0 Å². The van der Waals surface area contributed by atoms with Crippen LogP contribution >= 0.6 is 0 Å². The average molecular weight is 230 g/mol. The molecule has 0 radical (unpaired) electrons. The predicted octanol–water partition coefficient (Wildman–Crippen LogP) is 3.38. The number of carbonyl (C=O) groups excluding carboxylic acids is 1. The number of benzene rings is 1.